The highest BCUT2D eigenvalue weighted by atomic mass is 16.7. The van der Waals surface area contributed by atoms with Crippen molar-refractivity contribution in [2.45, 2.75) is 57.5 Å². The van der Waals surface area contributed by atoms with Crippen molar-refractivity contribution in [3.63, 3.8) is 0 Å². The Morgan fingerprint density at radius 2 is 2.00 bits per heavy atom. The monoisotopic (exact) mass is 433 g/mol. The van der Waals surface area contributed by atoms with Gasteiger partial charge in [0.25, 0.3) is 5.91 Å². The van der Waals surface area contributed by atoms with Gasteiger partial charge in [-0.1, -0.05) is 12.8 Å². The molecule has 3 heterocycles. The van der Waals surface area contributed by atoms with Gasteiger partial charge in [0.1, 0.15) is 5.69 Å². The number of nitrogens with one attached hydrogen (secondary N) is 1. The first-order valence-corrected chi connectivity index (χ1v) is 11.5. The van der Waals surface area contributed by atoms with E-state index >= 15 is 0 Å². The Labute approximate surface area is 186 Å². The minimum atomic E-state index is -0.00575. The van der Waals surface area contributed by atoms with Crippen molar-refractivity contribution in [1.82, 2.24) is 24.9 Å². The van der Waals surface area contributed by atoms with Gasteiger partial charge < -0.3 is 14.4 Å². The molecule has 1 N–H and O–H groups in total. The van der Waals surface area contributed by atoms with Gasteiger partial charge in [0.2, 0.25) is 6.79 Å². The minimum absolute atomic E-state index is 0.00575. The summed E-state index contributed by atoms with van der Waals surface area (Å²) in [6.45, 7) is 0.793. The van der Waals surface area contributed by atoms with Gasteiger partial charge in [0, 0.05) is 24.3 Å². The molecule has 1 aromatic carbocycles. The molecule has 2 aliphatic carbocycles. The second-order valence-electron chi connectivity index (χ2n) is 8.96. The number of fused-ring (bicyclic) bond motifs is 2. The number of H-pyrrole nitrogens is 1. The number of ether oxygens (including phenoxy) is 2. The summed E-state index contributed by atoms with van der Waals surface area (Å²) in [6, 6.07) is 7.80. The van der Waals surface area contributed by atoms with E-state index in [-0.39, 0.29) is 18.7 Å². The van der Waals surface area contributed by atoms with E-state index in [1.54, 1.807) is 0 Å². The van der Waals surface area contributed by atoms with Gasteiger partial charge in [-0.15, -0.1) is 0 Å². The first-order chi connectivity index (χ1) is 15.7. The Bertz CT molecular complexity index is 1170. The Hall–Kier alpha value is -3.29. The van der Waals surface area contributed by atoms with Crippen LogP contribution in [0.15, 0.2) is 24.3 Å². The molecule has 1 amide bonds. The van der Waals surface area contributed by atoms with E-state index in [0.29, 0.717) is 18.0 Å². The maximum atomic E-state index is 13.7. The Kier molecular flexibility index (Phi) is 4.66. The lowest BCUT2D eigenvalue weighted by molar-refractivity contribution is 0.0654. The molecule has 8 nitrogen and oxygen atoms in total. The van der Waals surface area contributed by atoms with E-state index in [4.69, 9.17) is 14.6 Å². The predicted molar refractivity (Wildman–Crippen MR) is 118 cm³/mol. The first kappa shape index (κ1) is 19.4. The number of hydrogen-bond donors (Lipinski definition) is 1. The number of aromatic nitrogens is 4. The summed E-state index contributed by atoms with van der Waals surface area (Å²) in [5, 5.41) is 12.2. The van der Waals surface area contributed by atoms with Crippen LogP contribution in [-0.4, -0.2) is 43.6 Å². The fraction of sp³-hybridized carbons (Fsp3) is 0.458. The van der Waals surface area contributed by atoms with Gasteiger partial charge in [-0.2, -0.15) is 10.2 Å². The molecule has 8 heteroatoms. The van der Waals surface area contributed by atoms with Crippen LogP contribution < -0.4 is 9.47 Å². The van der Waals surface area contributed by atoms with Crippen LogP contribution in [0.2, 0.25) is 0 Å². The Morgan fingerprint density at radius 3 is 2.88 bits per heavy atom. The van der Waals surface area contributed by atoms with Crippen LogP contribution in [0.3, 0.4) is 0 Å². The number of carbonyl (C=O) groups excluding carboxylic acids is 1. The summed E-state index contributed by atoms with van der Waals surface area (Å²) in [6.07, 6.45) is 7.73. The molecule has 0 unspecified atom stereocenters. The molecule has 1 aliphatic heterocycles. The molecule has 0 bridgehead atoms. The van der Waals surface area contributed by atoms with E-state index in [0.717, 1.165) is 48.4 Å². The number of aryl methyl sites for hydroxylation is 1. The third-order valence-electron chi connectivity index (χ3n) is 7.02. The van der Waals surface area contributed by atoms with Crippen LogP contribution in [0.25, 0.3) is 11.3 Å². The lowest BCUT2D eigenvalue weighted by Crippen LogP contribution is -2.38. The van der Waals surface area contributed by atoms with E-state index < -0.39 is 0 Å². The number of aromatic amines is 1. The van der Waals surface area contributed by atoms with Crippen LogP contribution in [0.4, 0.5) is 0 Å². The predicted octanol–water partition coefficient (Wildman–Crippen LogP) is 3.61. The van der Waals surface area contributed by atoms with Gasteiger partial charge in [-0.25, -0.2) is 0 Å². The molecule has 0 radical (unpaired) electrons. The van der Waals surface area contributed by atoms with Crippen LogP contribution >= 0.6 is 0 Å². The van der Waals surface area contributed by atoms with E-state index in [9.17, 15) is 4.79 Å². The molecule has 166 valence electrons. The number of hydrogen-bond acceptors (Lipinski definition) is 5. The Morgan fingerprint density at radius 1 is 1.16 bits per heavy atom. The third-order valence-corrected chi connectivity index (χ3v) is 7.02. The summed E-state index contributed by atoms with van der Waals surface area (Å²) in [5.41, 5.74) is 5.84. The first-order valence-electron chi connectivity index (χ1n) is 11.5. The molecule has 3 aliphatic rings. The van der Waals surface area contributed by atoms with Crippen molar-refractivity contribution in [2.75, 3.05) is 6.79 Å². The number of benzene rings is 1. The van der Waals surface area contributed by atoms with Gasteiger partial charge in [-0.3, -0.25) is 14.6 Å². The van der Waals surface area contributed by atoms with Crippen LogP contribution in [0.1, 0.15) is 59.5 Å². The van der Waals surface area contributed by atoms with Crippen LogP contribution in [0.5, 0.6) is 11.5 Å². The summed E-state index contributed by atoms with van der Waals surface area (Å²) in [5.74, 6) is 1.43. The number of amides is 1. The average Bonchev–Trinajstić information content (AvgIpc) is 3.62. The van der Waals surface area contributed by atoms with E-state index in [1.807, 2.05) is 40.9 Å². The molecule has 0 saturated heterocycles. The topological polar surface area (TPSA) is 85.3 Å². The Balaban J connectivity index is 1.28. The molecular formula is C24H27N5O3. The highest BCUT2D eigenvalue weighted by Gasteiger charge is 2.31. The number of rotatable bonds is 5. The highest BCUT2D eigenvalue weighted by Crippen LogP contribution is 2.36. The largest absolute Gasteiger partial charge is 0.454 e. The number of carbonyl (C=O) groups is 1. The third kappa shape index (κ3) is 3.25. The van der Waals surface area contributed by atoms with Crippen molar-refractivity contribution in [3.8, 4) is 22.8 Å². The molecule has 1 fully saturated rings. The zero-order chi connectivity index (χ0) is 21.7. The quantitative estimate of drug-likeness (QED) is 0.664. The molecule has 0 spiro atoms. The standard InChI is InChI=1S/C24H27N5O3/c1-28-21-8-4-7-17(21)20(27-28)13-29(16-5-2-3-6-16)24(30)19-12-18(25-26-19)15-9-10-22-23(11-15)32-14-31-22/h9-12,16H,2-8,13-14H2,1H3,(H,25,26). The van der Waals surface area contributed by atoms with Crippen molar-refractivity contribution < 1.29 is 14.3 Å². The zero-order valence-corrected chi connectivity index (χ0v) is 18.3. The SMILES string of the molecule is Cn1nc(CN(C(=O)c2cc(-c3ccc4c(c3)OCO4)n[nH]2)C2CCCC2)c2c1CCC2. The maximum absolute atomic E-state index is 13.7. The summed E-state index contributed by atoms with van der Waals surface area (Å²) >= 11 is 0. The summed E-state index contributed by atoms with van der Waals surface area (Å²) in [4.78, 5) is 15.7. The second kappa shape index (κ2) is 7.69. The molecule has 2 aromatic heterocycles. The lowest BCUT2D eigenvalue weighted by Gasteiger charge is -2.28. The van der Waals surface area contributed by atoms with Gasteiger partial charge >= 0.3 is 0 Å². The van der Waals surface area contributed by atoms with Crippen molar-refractivity contribution >= 4 is 5.91 Å². The molecule has 0 atom stereocenters. The van der Waals surface area contributed by atoms with Crippen molar-refractivity contribution in [3.05, 3.63) is 46.9 Å². The summed E-state index contributed by atoms with van der Waals surface area (Å²) < 4.78 is 12.9. The van der Waals surface area contributed by atoms with Gasteiger partial charge in [0.15, 0.2) is 11.5 Å². The molecule has 6 rings (SSSR count). The van der Waals surface area contributed by atoms with Crippen molar-refractivity contribution in [2.24, 2.45) is 7.05 Å². The average molecular weight is 434 g/mol. The fourth-order valence-electron chi connectivity index (χ4n) is 5.36. The van der Waals surface area contributed by atoms with Crippen LogP contribution in [0, 0.1) is 0 Å². The number of nitrogens with zero attached hydrogens (tertiary/aromatic N) is 4. The smallest absolute Gasteiger partial charge is 0.272 e. The van der Waals surface area contributed by atoms with Crippen molar-refractivity contribution in [1.29, 1.82) is 0 Å². The van der Waals surface area contributed by atoms with Crippen LogP contribution in [-0.2, 0) is 26.4 Å². The normalized spacial score (nSPS) is 17.2. The molecular weight excluding hydrogens is 406 g/mol. The molecule has 32 heavy (non-hydrogen) atoms. The maximum Gasteiger partial charge on any atom is 0.272 e. The highest BCUT2D eigenvalue weighted by molar-refractivity contribution is 5.93. The summed E-state index contributed by atoms with van der Waals surface area (Å²) in [7, 11) is 2.02. The minimum Gasteiger partial charge on any atom is -0.454 e. The van der Waals surface area contributed by atoms with Gasteiger partial charge in [0.05, 0.1) is 17.9 Å². The second-order valence-corrected chi connectivity index (χ2v) is 8.96. The fourth-order valence-corrected chi connectivity index (χ4v) is 5.36. The van der Waals surface area contributed by atoms with E-state index in [2.05, 4.69) is 10.2 Å². The molecule has 3 aromatic rings. The lowest BCUT2D eigenvalue weighted by atomic mass is 10.1. The molecule has 1 saturated carbocycles. The van der Waals surface area contributed by atoms with Gasteiger partial charge in [-0.05, 0) is 61.9 Å². The van der Waals surface area contributed by atoms with E-state index in [1.165, 1.54) is 30.5 Å². The zero-order valence-electron chi connectivity index (χ0n) is 18.3.